The van der Waals surface area contributed by atoms with E-state index in [1.807, 2.05) is 45.0 Å². The molecule has 0 aliphatic heterocycles. The maximum atomic E-state index is 6.29. The van der Waals surface area contributed by atoms with Gasteiger partial charge in [0.1, 0.15) is 11.6 Å². The number of rotatable bonds is 8. The van der Waals surface area contributed by atoms with Crippen LogP contribution in [0.15, 0.2) is 42.2 Å². The summed E-state index contributed by atoms with van der Waals surface area (Å²) in [6.07, 6.45) is 3.51. The zero-order valence-electron chi connectivity index (χ0n) is 16.3. The van der Waals surface area contributed by atoms with E-state index < -0.39 is 0 Å². The molecule has 1 aromatic heterocycles. The second-order valence-corrected chi connectivity index (χ2v) is 7.29. The SMILES string of the molecule is C=C(/C=C(/C)NCCC)Nc1nc(Cc2c(Cl)cccc2Cl)nc(C)c1C. The minimum atomic E-state index is 0.466. The first-order chi connectivity index (χ1) is 12.8. The fourth-order valence-corrected chi connectivity index (χ4v) is 3.10. The Morgan fingerprint density at radius 1 is 1.19 bits per heavy atom. The highest BCUT2D eigenvalue weighted by molar-refractivity contribution is 6.36. The normalized spacial score (nSPS) is 11.4. The van der Waals surface area contributed by atoms with Crippen LogP contribution in [0, 0.1) is 13.8 Å². The van der Waals surface area contributed by atoms with Gasteiger partial charge in [0.25, 0.3) is 0 Å². The zero-order valence-corrected chi connectivity index (χ0v) is 17.8. The van der Waals surface area contributed by atoms with Crippen LogP contribution in [0.1, 0.15) is 42.9 Å². The Kier molecular flexibility index (Phi) is 7.69. The van der Waals surface area contributed by atoms with E-state index in [0.717, 1.165) is 47.0 Å². The predicted octanol–water partition coefficient (Wildman–Crippen LogP) is 5.82. The topological polar surface area (TPSA) is 49.8 Å². The molecule has 6 heteroatoms. The fraction of sp³-hybridized carbons (Fsp3) is 0.333. The predicted molar refractivity (Wildman–Crippen MR) is 116 cm³/mol. The smallest absolute Gasteiger partial charge is 0.137 e. The van der Waals surface area contributed by atoms with Gasteiger partial charge in [-0.05, 0) is 51.0 Å². The van der Waals surface area contributed by atoms with Crippen LogP contribution in [0.2, 0.25) is 10.0 Å². The van der Waals surface area contributed by atoms with Gasteiger partial charge in [-0.15, -0.1) is 0 Å². The Bertz CT molecular complexity index is 839. The van der Waals surface area contributed by atoms with Crippen molar-refractivity contribution in [3.63, 3.8) is 0 Å². The van der Waals surface area contributed by atoms with Crippen LogP contribution < -0.4 is 10.6 Å². The first kappa shape index (κ1) is 21.3. The highest BCUT2D eigenvalue weighted by Gasteiger charge is 2.12. The summed E-state index contributed by atoms with van der Waals surface area (Å²) < 4.78 is 0. The number of aryl methyl sites for hydroxylation is 1. The summed E-state index contributed by atoms with van der Waals surface area (Å²) in [4.78, 5) is 9.26. The van der Waals surface area contributed by atoms with Crippen LogP contribution in [0.25, 0.3) is 0 Å². The molecule has 0 amide bonds. The number of anilines is 1. The Balaban J connectivity index is 2.24. The summed E-state index contributed by atoms with van der Waals surface area (Å²) in [7, 11) is 0. The third kappa shape index (κ3) is 5.98. The van der Waals surface area contributed by atoms with Gasteiger partial charge in [0, 0.05) is 45.7 Å². The molecule has 0 radical (unpaired) electrons. The molecular weight excluding hydrogens is 379 g/mol. The molecule has 2 N–H and O–H groups in total. The first-order valence-electron chi connectivity index (χ1n) is 8.97. The number of hydrogen-bond donors (Lipinski definition) is 2. The van der Waals surface area contributed by atoms with Crippen molar-refractivity contribution in [1.29, 1.82) is 0 Å². The molecule has 144 valence electrons. The summed E-state index contributed by atoms with van der Waals surface area (Å²) in [5.74, 6) is 1.40. The molecule has 0 unspecified atom stereocenters. The van der Waals surface area contributed by atoms with Crippen molar-refractivity contribution in [1.82, 2.24) is 15.3 Å². The molecule has 2 rings (SSSR count). The molecular formula is C21H26Cl2N4. The Morgan fingerprint density at radius 3 is 2.48 bits per heavy atom. The summed E-state index contributed by atoms with van der Waals surface area (Å²) in [5.41, 5.74) is 4.54. The van der Waals surface area contributed by atoms with Crippen molar-refractivity contribution in [3.8, 4) is 0 Å². The minimum absolute atomic E-state index is 0.466. The van der Waals surface area contributed by atoms with Gasteiger partial charge in [-0.1, -0.05) is 42.8 Å². The average Bonchev–Trinajstić information content (AvgIpc) is 2.60. The maximum absolute atomic E-state index is 6.29. The van der Waals surface area contributed by atoms with Gasteiger partial charge >= 0.3 is 0 Å². The quantitative estimate of drug-likeness (QED) is 0.544. The molecule has 2 aromatic rings. The molecule has 0 aliphatic rings. The summed E-state index contributed by atoms with van der Waals surface area (Å²) in [5, 5.41) is 7.84. The third-order valence-electron chi connectivity index (χ3n) is 4.16. The van der Waals surface area contributed by atoms with Crippen molar-refractivity contribution in [3.05, 3.63) is 74.9 Å². The van der Waals surface area contributed by atoms with E-state index in [1.54, 1.807) is 0 Å². The number of nitrogens with zero attached hydrogens (tertiary/aromatic N) is 2. The lowest BCUT2D eigenvalue weighted by molar-refractivity contribution is 0.769. The van der Waals surface area contributed by atoms with E-state index in [0.29, 0.717) is 22.3 Å². The molecule has 0 atom stereocenters. The van der Waals surface area contributed by atoms with Gasteiger partial charge in [0.2, 0.25) is 0 Å². The lowest BCUT2D eigenvalue weighted by Crippen LogP contribution is -2.13. The van der Waals surface area contributed by atoms with Gasteiger partial charge in [-0.3, -0.25) is 0 Å². The number of nitrogens with one attached hydrogen (secondary N) is 2. The lowest BCUT2D eigenvalue weighted by Gasteiger charge is -2.14. The van der Waals surface area contributed by atoms with E-state index in [4.69, 9.17) is 23.2 Å². The molecule has 0 spiro atoms. The van der Waals surface area contributed by atoms with Crippen molar-refractivity contribution in [2.75, 3.05) is 11.9 Å². The Labute approximate surface area is 171 Å². The van der Waals surface area contributed by atoms with E-state index >= 15 is 0 Å². The van der Waals surface area contributed by atoms with Gasteiger partial charge in [-0.2, -0.15) is 0 Å². The third-order valence-corrected chi connectivity index (χ3v) is 4.86. The van der Waals surface area contributed by atoms with E-state index in [2.05, 4.69) is 34.1 Å². The zero-order chi connectivity index (χ0) is 20.0. The summed E-state index contributed by atoms with van der Waals surface area (Å²) >= 11 is 12.6. The Hall–Kier alpha value is -2.04. The largest absolute Gasteiger partial charge is 0.389 e. The fourth-order valence-electron chi connectivity index (χ4n) is 2.57. The second kappa shape index (κ2) is 9.77. The van der Waals surface area contributed by atoms with Crippen molar-refractivity contribution >= 4 is 29.0 Å². The molecule has 1 aromatic carbocycles. The standard InChI is InChI=1S/C21H26Cl2N4/c1-6-10-24-13(2)11-14(3)25-21-15(4)16(5)26-20(27-21)12-17-18(22)8-7-9-19(17)23/h7-9,11,24H,3,6,10,12H2,1-2,4-5H3,(H,25,26,27)/b13-11-. The van der Waals surface area contributed by atoms with E-state index in [1.165, 1.54) is 0 Å². The van der Waals surface area contributed by atoms with Crippen LogP contribution in [0.5, 0.6) is 0 Å². The van der Waals surface area contributed by atoms with Crippen molar-refractivity contribution < 1.29 is 0 Å². The number of hydrogen-bond acceptors (Lipinski definition) is 4. The molecule has 0 saturated carbocycles. The summed E-state index contributed by atoms with van der Waals surface area (Å²) in [6.45, 7) is 13.1. The minimum Gasteiger partial charge on any atom is -0.389 e. The second-order valence-electron chi connectivity index (χ2n) is 6.48. The molecule has 4 nitrogen and oxygen atoms in total. The summed E-state index contributed by atoms with van der Waals surface area (Å²) in [6, 6.07) is 5.47. The van der Waals surface area contributed by atoms with Crippen LogP contribution in [-0.2, 0) is 6.42 Å². The van der Waals surface area contributed by atoms with E-state index in [9.17, 15) is 0 Å². The maximum Gasteiger partial charge on any atom is 0.137 e. The monoisotopic (exact) mass is 404 g/mol. The molecule has 0 aliphatic carbocycles. The molecule has 27 heavy (non-hydrogen) atoms. The van der Waals surface area contributed by atoms with Crippen molar-refractivity contribution in [2.45, 2.75) is 40.5 Å². The number of halogens is 2. The van der Waals surface area contributed by atoms with Gasteiger partial charge in [0.15, 0.2) is 0 Å². The number of benzene rings is 1. The van der Waals surface area contributed by atoms with Crippen LogP contribution >= 0.6 is 23.2 Å². The van der Waals surface area contributed by atoms with Gasteiger partial charge < -0.3 is 10.6 Å². The molecule has 0 fully saturated rings. The number of aromatic nitrogens is 2. The molecule has 0 saturated heterocycles. The average molecular weight is 405 g/mol. The van der Waals surface area contributed by atoms with E-state index in [-0.39, 0.29) is 0 Å². The van der Waals surface area contributed by atoms with Gasteiger partial charge in [-0.25, -0.2) is 9.97 Å². The first-order valence-corrected chi connectivity index (χ1v) is 9.72. The highest BCUT2D eigenvalue weighted by atomic mass is 35.5. The lowest BCUT2D eigenvalue weighted by atomic mass is 10.1. The molecule has 1 heterocycles. The van der Waals surface area contributed by atoms with Crippen molar-refractivity contribution in [2.24, 2.45) is 0 Å². The van der Waals surface area contributed by atoms with Crippen LogP contribution in [-0.4, -0.2) is 16.5 Å². The Morgan fingerprint density at radius 2 is 1.85 bits per heavy atom. The van der Waals surface area contributed by atoms with Gasteiger partial charge in [0.05, 0.1) is 0 Å². The van der Waals surface area contributed by atoms with Crippen LogP contribution in [0.4, 0.5) is 5.82 Å². The highest BCUT2D eigenvalue weighted by Crippen LogP contribution is 2.27. The van der Waals surface area contributed by atoms with Crippen LogP contribution in [0.3, 0.4) is 0 Å². The molecule has 0 bridgehead atoms. The number of allylic oxidation sites excluding steroid dienone is 2.